The van der Waals surface area contributed by atoms with Crippen LogP contribution in [-0.2, 0) is 6.54 Å². The molecule has 0 unspecified atom stereocenters. The summed E-state index contributed by atoms with van der Waals surface area (Å²) in [5.41, 5.74) is 3.60. The Kier molecular flexibility index (Phi) is 3.26. The standard InChI is InChI=1S/C13H10N4O2S/c18-17(19)13-2-1-12(11-6-14-4-3-10(11)13)15-5-9-7-20-8-16-9/h1-4,6-8,15H,5H2. The third kappa shape index (κ3) is 2.30. The average molecular weight is 286 g/mol. The number of benzene rings is 1. The SMILES string of the molecule is O=[N+]([O-])c1ccc(NCc2cscn2)c2cnccc12. The largest absolute Gasteiger partial charge is 0.379 e. The van der Waals surface area contributed by atoms with Gasteiger partial charge in [0.1, 0.15) is 0 Å². The Morgan fingerprint density at radius 3 is 2.95 bits per heavy atom. The molecule has 0 aliphatic rings. The molecule has 0 bridgehead atoms. The molecule has 0 aliphatic carbocycles. The van der Waals surface area contributed by atoms with Gasteiger partial charge in [-0.1, -0.05) is 0 Å². The summed E-state index contributed by atoms with van der Waals surface area (Å²) in [4.78, 5) is 18.9. The summed E-state index contributed by atoms with van der Waals surface area (Å²) in [5, 5.41) is 17.5. The van der Waals surface area contributed by atoms with E-state index in [-0.39, 0.29) is 10.6 Å². The van der Waals surface area contributed by atoms with Crippen LogP contribution in [0.1, 0.15) is 5.69 Å². The van der Waals surface area contributed by atoms with Crippen molar-refractivity contribution < 1.29 is 4.92 Å². The molecule has 0 fully saturated rings. The molecule has 3 rings (SSSR count). The number of anilines is 1. The quantitative estimate of drug-likeness (QED) is 0.588. The number of nitrogens with one attached hydrogen (secondary N) is 1. The molecule has 6 nitrogen and oxygen atoms in total. The number of rotatable bonds is 4. The zero-order chi connectivity index (χ0) is 13.9. The van der Waals surface area contributed by atoms with Crippen molar-refractivity contribution in [3.63, 3.8) is 0 Å². The van der Waals surface area contributed by atoms with Crippen LogP contribution in [0.2, 0.25) is 0 Å². The zero-order valence-corrected chi connectivity index (χ0v) is 11.1. The van der Waals surface area contributed by atoms with Gasteiger partial charge in [-0.25, -0.2) is 4.98 Å². The van der Waals surface area contributed by atoms with Gasteiger partial charge in [0, 0.05) is 34.9 Å². The molecule has 20 heavy (non-hydrogen) atoms. The lowest BCUT2D eigenvalue weighted by Gasteiger charge is -2.08. The van der Waals surface area contributed by atoms with Crippen LogP contribution in [0.3, 0.4) is 0 Å². The molecule has 7 heteroatoms. The first-order chi connectivity index (χ1) is 9.75. The van der Waals surface area contributed by atoms with Crippen LogP contribution in [0.4, 0.5) is 11.4 Å². The van der Waals surface area contributed by atoms with Crippen molar-refractivity contribution in [3.8, 4) is 0 Å². The van der Waals surface area contributed by atoms with Gasteiger partial charge in [-0.15, -0.1) is 11.3 Å². The third-order valence-corrected chi connectivity index (χ3v) is 3.57. The Morgan fingerprint density at radius 2 is 2.20 bits per heavy atom. The predicted octanol–water partition coefficient (Wildman–Crippen LogP) is 3.21. The van der Waals surface area contributed by atoms with E-state index in [4.69, 9.17) is 0 Å². The van der Waals surface area contributed by atoms with Crippen LogP contribution in [-0.4, -0.2) is 14.9 Å². The molecule has 0 spiro atoms. The molecule has 3 aromatic rings. The Morgan fingerprint density at radius 1 is 1.30 bits per heavy atom. The summed E-state index contributed by atoms with van der Waals surface area (Å²) in [7, 11) is 0. The van der Waals surface area contributed by atoms with Gasteiger partial charge in [0.15, 0.2) is 0 Å². The van der Waals surface area contributed by atoms with Gasteiger partial charge in [-0.2, -0.15) is 0 Å². The maximum Gasteiger partial charge on any atom is 0.277 e. The van der Waals surface area contributed by atoms with Crippen molar-refractivity contribution >= 4 is 33.5 Å². The zero-order valence-electron chi connectivity index (χ0n) is 10.3. The number of hydrogen-bond acceptors (Lipinski definition) is 6. The molecule has 1 N–H and O–H groups in total. The summed E-state index contributed by atoms with van der Waals surface area (Å²) in [5.74, 6) is 0. The van der Waals surface area contributed by atoms with Gasteiger partial charge >= 0.3 is 0 Å². The summed E-state index contributed by atoms with van der Waals surface area (Å²) in [6, 6.07) is 4.86. The lowest BCUT2D eigenvalue weighted by atomic mass is 10.1. The maximum absolute atomic E-state index is 11.0. The number of aromatic nitrogens is 2. The van der Waals surface area contributed by atoms with E-state index in [1.165, 1.54) is 17.4 Å². The normalized spacial score (nSPS) is 10.6. The second-order valence-electron chi connectivity index (χ2n) is 4.14. The van der Waals surface area contributed by atoms with E-state index in [0.717, 1.165) is 16.8 Å². The first-order valence-corrected chi connectivity index (χ1v) is 6.82. The van der Waals surface area contributed by atoms with Gasteiger partial charge in [0.25, 0.3) is 5.69 Å². The van der Waals surface area contributed by atoms with Crippen molar-refractivity contribution in [1.82, 2.24) is 9.97 Å². The fourth-order valence-corrected chi connectivity index (χ4v) is 2.56. The van der Waals surface area contributed by atoms with E-state index in [0.29, 0.717) is 11.9 Å². The van der Waals surface area contributed by atoms with Crippen molar-refractivity contribution in [1.29, 1.82) is 0 Å². The maximum atomic E-state index is 11.0. The van der Waals surface area contributed by atoms with Gasteiger partial charge < -0.3 is 5.32 Å². The van der Waals surface area contributed by atoms with E-state index < -0.39 is 0 Å². The number of non-ortho nitro benzene ring substituents is 1. The molecule has 2 heterocycles. The van der Waals surface area contributed by atoms with Crippen molar-refractivity contribution in [2.75, 3.05) is 5.32 Å². The van der Waals surface area contributed by atoms with Crippen LogP contribution in [0.25, 0.3) is 10.8 Å². The number of nitro benzene ring substituents is 1. The van der Waals surface area contributed by atoms with Crippen LogP contribution in [0.15, 0.2) is 41.5 Å². The molecule has 100 valence electrons. The molecule has 0 saturated carbocycles. The third-order valence-electron chi connectivity index (χ3n) is 2.94. The molecule has 0 atom stereocenters. The van der Waals surface area contributed by atoms with Crippen molar-refractivity contribution in [2.24, 2.45) is 0 Å². The number of pyridine rings is 1. The summed E-state index contributed by atoms with van der Waals surface area (Å²) < 4.78 is 0. The topological polar surface area (TPSA) is 81.0 Å². The number of nitrogens with zero attached hydrogens (tertiary/aromatic N) is 3. The van der Waals surface area contributed by atoms with E-state index in [9.17, 15) is 10.1 Å². The average Bonchev–Trinajstić information content (AvgIpc) is 2.97. The first kappa shape index (κ1) is 12.5. The molecular formula is C13H10N4O2S. The summed E-state index contributed by atoms with van der Waals surface area (Å²) in [6.45, 7) is 0.575. The molecule has 0 aliphatic heterocycles. The second kappa shape index (κ2) is 5.22. The van der Waals surface area contributed by atoms with Crippen LogP contribution in [0, 0.1) is 10.1 Å². The van der Waals surface area contributed by atoms with E-state index in [1.807, 2.05) is 5.38 Å². The fourth-order valence-electron chi connectivity index (χ4n) is 2.00. The molecule has 1 aromatic carbocycles. The Balaban J connectivity index is 1.99. The number of nitro groups is 1. The van der Waals surface area contributed by atoms with Crippen molar-refractivity contribution in [3.05, 3.63) is 57.3 Å². The summed E-state index contributed by atoms with van der Waals surface area (Å²) in [6.07, 6.45) is 3.19. The smallest absolute Gasteiger partial charge is 0.277 e. The highest BCUT2D eigenvalue weighted by atomic mass is 32.1. The van der Waals surface area contributed by atoms with Gasteiger partial charge in [0.2, 0.25) is 0 Å². The lowest BCUT2D eigenvalue weighted by Crippen LogP contribution is -2.01. The number of hydrogen-bond donors (Lipinski definition) is 1. The van der Waals surface area contributed by atoms with E-state index in [1.54, 1.807) is 30.0 Å². The van der Waals surface area contributed by atoms with E-state index >= 15 is 0 Å². The lowest BCUT2D eigenvalue weighted by molar-refractivity contribution is -0.383. The van der Waals surface area contributed by atoms with Gasteiger partial charge in [-0.3, -0.25) is 15.1 Å². The van der Waals surface area contributed by atoms with Gasteiger partial charge in [0.05, 0.1) is 28.1 Å². The molecule has 2 aromatic heterocycles. The van der Waals surface area contributed by atoms with Crippen LogP contribution in [0.5, 0.6) is 0 Å². The Hall–Kier alpha value is -2.54. The minimum atomic E-state index is -0.382. The highest BCUT2D eigenvalue weighted by molar-refractivity contribution is 7.07. The van der Waals surface area contributed by atoms with Crippen LogP contribution >= 0.6 is 11.3 Å². The second-order valence-corrected chi connectivity index (χ2v) is 4.86. The van der Waals surface area contributed by atoms with Gasteiger partial charge in [-0.05, 0) is 12.1 Å². The highest BCUT2D eigenvalue weighted by Crippen LogP contribution is 2.30. The van der Waals surface area contributed by atoms with Crippen LogP contribution < -0.4 is 5.32 Å². The Labute approximate surface area is 118 Å². The number of thiazole rings is 1. The number of fused-ring (bicyclic) bond motifs is 1. The predicted molar refractivity (Wildman–Crippen MR) is 77.8 cm³/mol. The molecular weight excluding hydrogens is 276 g/mol. The molecule has 0 saturated heterocycles. The highest BCUT2D eigenvalue weighted by Gasteiger charge is 2.14. The first-order valence-electron chi connectivity index (χ1n) is 5.88. The van der Waals surface area contributed by atoms with E-state index in [2.05, 4.69) is 15.3 Å². The minimum Gasteiger partial charge on any atom is -0.379 e. The van der Waals surface area contributed by atoms with Crippen molar-refractivity contribution in [2.45, 2.75) is 6.54 Å². The Bertz CT molecular complexity index is 758. The minimum absolute atomic E-state index is 0.0848. The summed E-state index contributed by atoms with van der Waals surface area (Å²) >= 11 is 1.53. The fraction of sp³-hybridized carbons (Fsp3) is 0.0769. The monoisotopic (exact) mass is 286 g/mol. The molecule has 0 amide bonds. The molecule has 0 radical (unpaired) electrons.